The molecule has 12 N–H and O–H groups in total. The van der Waals surface area contributed by atoms with Gasteiger partial charge in [-0.15, -0.1) is 0 Å². The van der Waals surface area contributed by atoms with Gasteiger partial charge < -0.3 is 127 Å². The molecule has 10 unspecified atom stereocenters. The Bertz CT molecular complexity index is 2710. The lowest BCUT2D eigenvalue weighted by Gasteiger charge is -2.42. The van der Waals surface area contributed by atoms with Gasteiger partial charge in [-0.25, -0.2) is 9.13 Å². The van der Waals surface area contributed by atoms with Crippen molar-refractivity contribution < 1.29 is 158 Å². The second-order valence-electron chi connectivity index (χ2n) is 31.1. The van der Waals surface area contributed by atoms with E-state index in [2.05, 4.69) is 26.1 Å². The molecule has 19 atom stereocenters. The second-order valence-corrected chi connectivity index (χ2v) is 35.9. The molecule has 0 radical (unpaired) electrons. The number of methoxy groups -OCH3 is 1. The summed E-state index contributed by atoms with van der Waals surface area (Å²) in [6.45, 7) is 14.2. The van der Waals surface area contributed by atoms with Gasteiger partial charge in [-0.1, -0.05) is 47.5 Å². The van der Waals surface area contributed by atoms with Crippen molar-refractivity contribution in [3.05, 3.63) is 0 Å². The van der Waals surface area contributed by atoms with Crippen LogP contribution in [-0.2, 0) is 103 Å². The number of piperidine rings is 3. The Morgan fingerprint density at radius 3 is 1.19 bits per heavy atom. The SMILES string of the molecule is CC(C)C.COCC(CCCCCOP(=O)(O)OC1CCN(C(=O)CCCCO[C@@H]2OC(CO)[C@H](O)[C@H](O)C2C)CC1)(COCCCOP(C)(=O)OC1CCN(C(=O)CCCCO[C@@H]2OC(CO)[C@H](O)[C@H](O)C2C)CC1)COCCCOP(=O)(O)OC1CCN(C(=O)CCCCO[C@@H]2OC(CO)[C@H](O)[C@H](O)C2NC(C)=O)CC1. The standard InChI is InChI=1S/C69H127N4O33P3.C4H10/c1-47-60(81)62(83)53(41-74)101-66(47)95-35-12-7-17-56(78)71-27-20-50(21-28-71)104-107(5,87)98-39-15-33-93-45-69(44-92-4,26-10-6-11-38-99-108(88,89)105-51-22-29-72(30-23-51)57(79)18-8-13-36-96-67-48(2)61(82)63(84)54(42-75)102-67)46-94-34-16-40-100-109(90,91)106-52-24-31-73(32-25-52)58(80)19-9-14-37-97-68-59(70-49(3)77)65(86)64(85)55(43-76)103-68;1-4(2)3/h47-48,50-55,59-68,74-76,81-86H,6-46H2,1-5H3,(H,70,77)(H,88,89)(H,90,91);4H,1-3H3/t47?,48?,53?,54?,55?,59?,60-,61-,62+,63+,64+,65-,66-,67-,68-,69?,107?;/m1./s1. The van der Waals surface area contributed by atoms with Crippen molar-refractivity contribution in [1.29, 1.82) is 0 Å². The van der Waals surface area contributed by atoms with Crippen LogP contribution in [0, 0.1) is 23.2 Å². The van der Waals surface area contributed by atoms with Crippen LogP contribution in [0.4, 0.5) is 0 Å². The smallest absolute Gasteiger partial charge is 0.394 e. The summed E-state index contributed by atoms with van der Waals surface area (Å²) in [5.74, 6) is -0.935. The second kappa shape index (κ2) is 52.7. The number of unbranched alkanes of at least 4 members (excludes halogenated alkanes) is 5. The minimum absolute atomic E-state index is 0.0300. The number of ether oxygens (including phenoxy) is 9. The van der Waals surface area contributed by atoms with Gasteiger partial charge in [0.05, 0.1) is 90.0 Å². The van der Waals surface area contributed by atoms with Crippen LogP contribution in [0.25, 0.3) is 0 Å². The van der Waals surface area contributed by atoms with E-state index in [1.165, 1.54) is 13.6 Å². The summed E-state index contributed by atoms with van der Waals surface area (Å²) in [7, 11) is -11.0. The van der Waals surface area contributed by atoms with Crippen LogP contribution in [0.15, 0.2) is 0 Å². The van der Waals surface area contributed by atoms with E-state index < -0.39 is 164 Å². The Morgan fingerprint density at radius 2 is 0.805 bits per heavy atom. The molecule has 0 saturated carbocycles. The fourth-order valence-corrected chi connectivity index (χ4v) is 17.2. The number of hydrogen-bond donors (Lipinski definition) is 12. The van der Waals surface area contributed by atoms with Crippen molar-refractivity contribution in [2.24, 2.45) is 23.2 Å². The van der Waals surface area contributed by atoms with Crippen LogP contribution in [0.5, 0.6) is 0 Å². The average molecular weight is 1690 g/mol. The van der Waals surface area contributed by atoms with Gasteiger partial charge in [-0.05, 0) is 109 Å². The number of hydrogen-bond acceptors (Lipinski definition) is 31. The molecular weight excluding hydrogens is 1550 g/mol. The Morgan fingerprint density at radius 1 is 0.460 bits per heavy atom. The van der Waals surface area contributed by atoms with Crippen molar-refractivity contribution in [3.8, 4) is 0 Å². The minimum Gasteiger partial charge on any atom is -0.394 e. The number of likely N-dealkylation sites (tertiary alicyclic amines) is 3. The molecule has 0 aromatic carbocycles. The molecule has 662 valence electrons. The van der Waals surface area contributed by atoms with Crippen LogP contribution in [0.1, 0.15) is 176 Å². The maximum Gasteiger partial charge on any atom is 0.472 e. The normalized spacial score (nSPS) is 29.2. The highest BCUT2D eigenvalue weighted by molar-refractivity contribution is 7.53. The number of nitrogens with one attached hydrogen (secondary N) is 1. The summed E-state index contributed by atoms with van der Waals surface area (Å²) in [5.41, 5.74) is -0.727. The first-order chi connectivity index (χ1) is 53.7. The van der Waals surface area contributed by atoms with Gasteiger partial charge in [0.15, 0.2) is 18.9 Å². The van der Waals surface area contributed by atoms with E-state index in [0.29, 0.717) is 122 Å². The summed E-state index contributed by atoms with van der Waals surface area (Å²) >= 11 is 0. The summed E-state index contributed by atoms with van der Waals surface area (Å²) in [5, 5.41) is 92.6. The van der Waals surface area contributed by atoms with Crippen molar-refractivity contribution in [1.82, 2.24) is 20.0 Å². The Kier molecular flexibility index (Phi) is 47.1. The number of aliphatic hydroxyl groups excluding tert-OH is 9. The lowest BCUT2D eigenvalue weighted by Crippen LogP contribution is -2.64. The zero-order chi connectivity index (χ0) is 83.3. The predicted octanol–water partition coefficient (Wildman–Crippen LogP) is 3.41. The number of amides is 4. The fourth-order valence-electron chi connectivity index (χ4n) is 13.9. The van der Waals surface area contributed by atoms with Gasteiger partial charge in [0, 0.05) is 130 Å². The summed E-state index contributed by atoms with van der Waals surface area (Å²) in [6, 6.07) is -1.08. The van der Waals surface area contributed by atoms with Gasteiger partial charge in [-0.2, -0.15) is 0 Å². The van der Waals surface area contributed by atoms with Gasteiger partial charge in [-0.3, -0.25) is 41.8 Å². The molecule has 6 rings (SSSR count). The molecule has 6 saturated heterocycles. The van der Waals surface area contributed by atoms with Crippen LogP contribution in [0.3, 0.4) is 0 Å². The van der Waals surface area contributed by atoms with E-state index in [9.17, 15) is 88.6 Å². The lowest BCUT2D eigenvalue weighted by molar-refractivity contribution is -0.282. The number of nitrogens with zero attached hydrogens (tertiary/aromatic N) is 3. The first kappa shape index (κ1) is 101. The topological polar surface area (TPSA) is 502 Å². The average Bonchev–Trinajstić information content (AvgIpc) is 0.905. The van der Waals surface area contributed by atoms with Crippen molar-refractivity contribution in [2.75, 3.05) is 146 Å². The first-order valence-electron chi connectivity index (χ1n) is 40.4. The van der Waals surface area contributed by atoms with Crippen LogP contribution in [0.2, 0.25) is 0 Å². The third-order valence-corrected chi connectivity index (χ3v) is 23.9. The molecule has 6 aliphatic heterocycles. The van der Waals surface area contributed by atoms with Crippen LogP contribution < -0.4 is 5.32 Å². The molecule has 0 aromatic rings. The minimum atomic E-state index is -4.53. The largest absolute Gasteiger partial charge is 0.472 e. The molecule has 0 bridgehead atoms. The molecule has 6 fully saturated rings. The molecule has 37 nitrogen and oxygen atoms in total. The molecule has 113 heavy (non-hydrogen) atoms. The maximum absolute atomic E-state index is 13.5. The zero-order valence-electron chi connectivity index (χ0n) is 67.5. The number of aliphatic hydroxyl groups is 9. The summed E-state index contributed by atoms with van der Waals surface area (Å²) < 4.78 is 125. The monoisotopic (exact) mass is 1690 g/mol. The zero-order valence-corrected chi connectivity index (χ0v) is 70.2. The van der Waals surface area contributed by atoms with E-state index in [4.69, 9.17) is 69.8 Å². The summed E-state index contributed by atoms with van der Waals surface area (Å²) in [6.07, 6.45) is -6.65. The summed E-state index contributed by atoms with van der Waals surface area (Å²) in [4.78, 5) is 77.4. The predicted molar refractivity (Wildman–Crippen MR) is 406 cm³/mol. The van der Waals surface area contributed by atoms with Gasteiger partial charge in [0.25, 0.3) is 0 Å². The number of rotatable bonds is 51. The van der Waals surface area contributed by atoms with Crippen molar-refractivity contribution >= 4 is 46.9 Å². The first-order valence-corrected chi connectivity index (χ1v) is 45.3. The Hall–Kier alpha value is -2.47. The van der Waals surface area contributed by atoms with Crippen LogP contribution >= 0.6 is 23.2 Å². The van der Waals surface area contributed by atoms with Crippen LogP contribution in [-0.4, -0.2) is 338 Å². The highest BCUT2D eigenvalue weighted by Crippen LogP contribution is 2.49. The third kappa shape index (κ3) is 36.8. The molecule has 6 heterocycles. The molecule has 0 aliphatic carbocycles. The van der Waals surface area contributed by atoms with E-state index >= 15 is 0 Å². The van der Waals surface area contributed by atoms with Gasteiger partial charge in [0.2, 0.25) is 23.6 Å². The molecule has 6 aliphatic rings. The number of phosphoric acid groups is 2. The van der Waals surface area contributed by atoms with Crippen molar-refractivity contribution in [2.45, 2.75) is 275 Å². The molecule has 0 spiro atoms. The van der Waals surface area contributed by atoms with E-state index in [1.807, 2.05) is 0 Å². The van der Waals surface area contributed by atoms with E-state index in [0.717, 1.165) is 5.92 Å². The highest BCUT2D eigenvalue weighted by Gasteiger charge is 2.47. The lowest BCUT2D eigenvalue weighted by atomic mass is 9.84. The van der Waals surface area contributed by atoms with Gasteiger partial charge >= 0.3 is 23.2 Å². The van der Waals surface area contributed by atoms with Gasteiger partial charge in [0.1, 0.15) is 48.8 Å². The fraction of sp³-hybridized carbons (Fsp3) is 0.945. The number of carbonyl (C=O) groups is 4. The third-order valence-electron chi connectivity index (χ3n) is 20.4. The number of carbonyl (C=O) groups excluding carboxylic acids is 4. The highest BCUT2D eigenvalue weighted by atomic mass is 31.2. The molecular formula is C73H137N4O33P3. The molecule has 40 heteroatoms. The molecule has 4 amide bonds. The molecule has 0 aromatic heterocycles. The Balaban J connectivity index is 0.00000556. The quantitative estimate of drug-likeness (QED) is 0.0307. The number of phosphoric ester groups is 2. The van der Waals surface area contributed by atoms with E-state index in [-0.39, 0.29) is 142 Å². The van der Waals surface area contributed by atoms with E-state index in [1.54, 1.807) is 35.7 Å². The van der Waals surface area contributed by atoms with Crippen molar-refractivity contribution in [3.63, 3.8) is 0 Å². The Labute approximate surface area is 665 Å². The maximum atomic E-state index is 13.5.